The van der Waals surface area contributed by atoms with Crippen LogP contribution in [0.15, 0.2) is 36.7 Å². The highest BCUT2D eigenvalue weighted by atomic mass is 35.5. The average molecular weight is 335 g/mol. The molecule has 0 radical (unpaired) electrons. The second kappa shape index (κ2) is 7.48. The molecule has 1 aromatic heterocycles. The zero-order valence-electron chi connectivity index (χ0n) is 12.7. The number of fused-ring (bicyclic) bond motifs is 1. The van der Waals surface area contributed by atoms with Gasteiger partial charge in [0.2, 0.25) is 5.91 Å². The number of halogens is 1. The van der Waals surface area contributed by atoms with Gasteiger partial charge in [0.25, 0.3) is 0 Å². The molecule has 0 spiro atoms. The van der Waals surface area contributed by atoms with Gasteiger partial charge in [0.1, 0.15) is 18.2 Å². The number of nitrogens with one attached hydrogen (secondary N) is 1. The molecule has 7 heteroatoms. The Bertz CT molecular complexity index is 656. The lowest BCUT2D eigenvalue weighted by Crippen LogP contribution is -2.42. The van der Waals surface area contributed by atoms with E-state index in [-0.39, 0.29) is 5.91 Å². The van der Waals surface area contributed by atoms with Crippen LogP contribution in [-0.2, 0) is 17.9 Å². The first-order valence-electron chi connectivity index (χ1n) is 7.58. The molecule has 0 aliphatic carbocycles. The lowest BCUT2D eigenvalue weighted by molar-refractivity contribution is -0.122. The minimum absolute atomic E-state index is 0.00436. The van der Waals surface area contributed by atoms with Crippen LogP contribution in [-0.4, -0.2) is 46.6 Å². The molecule has 0 saturated heterocycles. The number of nitrogens with zero attached hydrogens (tertiary/aromatic N) is 3. The number of hydrogen-bond donors (Lipinski definition) is 1. The molecule has 0 atom stereocenters. The van der Waals surface area contributed by atoms with Gasteiger partial charge in [0, 0.05) is 30.5 Å². The van der Waals surface area contributed by atoms with Gasteiger partial charge in [-0.2, -0.15) is 0 Å². The van der Waals surface area contributed by atoms with Crippen LogP contribution >= 0.6 is 11.6 Å². The zero-order valence-corrected chi connectivity index (χ0v) is 13.5. The fourth-order valence-electron chi connectivity index (χ4n) is 2.51. The number of benzene rings is 1. The van der Waals surface area contributed by atoms with E-state index in [2.05, 4.69) is 19.8 Å². The van der Waals surface area contributed by atoms with Crippen LogP contribution in [0.5, 0.6) is 5.75 Å². The van der Waals surface area contributed by atoms with Crippen molar-refractivity contribution in [3.05, 3.63) is 47.5 Å². The molecular formula is C16H19ClN4O2. The number of rotatable bonds is 6. The summed E-state index contributed by atoms with van der Waals surface area (Å²) in [5.41, 5.74) is 0. The minimum atomic E-state index is 0.00436. The predicted octanol–water partition coefficient (Wildman–Crippen LogP) is 1.55. The molecule has 2 heterocycles. The Balaban J connectivity index is 1.35. The molecule has 0 bridgehead atoms. The van der Waals surface area contributed by atoms with Crippen molar-refractivity contribution in [1.82, 2.24) is 19.8 Å². The van der Waals surface area contributed by atoms with Crippen molar-refractivity contribution in [1.29, 1.82) is 0 Å². The van der Waals surface area contributed by atoms with E-state index in [1.807, 2.05) is 6.20 Å². The van der Waals surface area contributed by atoms with Gasteiger partial charge in [-0.05, 0) is 24.3 Å². The predicted molar refractivity (Wildman–Crippen MR) is 87.5 cm³/mol. The maximum Gasteiger partial charge on any atom is 0.234 e. The number of carbonyl (C=O) groups is 1. The van der Waals surface area contributed by atoms with E-state index in [0.717, 1.165) is 24.7 Å². The number of aromatic nitrogens is 2. The lowest BCUT2D eigenvalue weighted by Gasteiger charge is -2.26. The molecule has 23 heavy (non-hydrogen) atoms. The Hall–Kier alpha value is -2.05. The molecular weight excluding hydrogens is 316 g/mol. The molecule has 1 aliphatic rings. The Morgan fingerprint density at radius 3 is 2.96 bits per heavy atom. The molecule has 0 unspecified atom stereocenters. The Morgan fingerprint density at radius 2 is 2.13 bits per heavy atom. The second-order valence-electron chi connectivity index (χ2n) is 5.40. The largest absolute Gasteiger partial charge is 0.492 e. The normalized spacial score (nSPS) is 14.3. The van der Waals surface area contributed by atoms with Crippen molar-refractivity contribution in [3.63, 3.8) is 0 Å². The maximum atomic E-state index is 12.0. The first kappa shape index (κ1) is 15.8. The van der Waals surface area contributed by atoms with Crippen LogP contribution in [0, 0.1) is 0 Å². The standard InChI is InChI=1S/C16H19ClN4O2/c17-13-1-3-14(4-2-13)23-10-6-19-16(22)12-20-8-9-21-7-5-18-15(21)11-20/h1-5,7H,6,8-12H2,(H,19,22). The van der Waals surface area contributed by atoms with Crippen LogP contribution in [0.25, 0.3) is 0 Å². The number of imidazole rings is 1. The Labute approximate surface area is 140 Å². The summed E-state index contributed by atoms with van der Waals surface area (Å²) in [4.78, 5) is 18.3. The number of amides is 1. The smallest absolute Gasteiger partial charge is 0.234 e. The first-order valence-corrected chi connectivity index (χ1v) is 7.96. The summed E-state index contributed by atoms with van der Waals surface area (Å²) in [6, 6.07) is 7.16. The van der Waals surface area contributed by atoms with Gasteiger partial charge in [-0.25, -0.2) is 4.98 Å². The molecule has 1 aromatic carbocycles. The average Bonchev–Trinajstić information content (AvgIpc) is 3.01. The molecule has 1 aliphatic heterocycles. The summed E-state index contributed by atoms with van der Waals surface area (Å²) in [7, 11) is 0. The second-order valence-corrected chi connectivity index (χ2v) is 5.84. The lowest BCUT2D eigenvalue weighted by atomic mass is 10.3. The van der Waals surface area contributed by atoms with Gasteiger partial charge >= 0.3 is 0 Å². The molecule has 122 valence electrons. The number of hydrogen-bond acceptors (Lipinski definition) is 4. The van der Waals surface area contributed by atoms with Crippen molar-refractivity contribution < 1.29 is 9.53 Å². The zero-order chi connectivity index (χ0) is 16.1. The molecule has 6 nitrogen and oxygen atoms in total. The van der Waals surface area contributed by atoms with Crippen LogP contribution in [0.3, 0.4) is 0 Å². The minimum Gasteiger partial charge on any atom is -0.492 e. The summed E-state index contributed by atoms with van der Waals surface area (Å²) in [5, 5.41) is 3.54. The van der Waals surface area contributed by atoms with Crippen LogP contribution in [0.4, 0.5) is 0 Å². The fourth-order valence-corrected chi connectivity index (χ4v) is 2.63. The molecule has 1 amide bonds. The number of carbonyl (C=O) groups excluding carboxylic acids is 1. The van der Waals surface area contributed by atoms with Crippen molar-refractivity contribution >= 4 is 17.5 Å². The van der Waals surface area contributed by atoms with E-state index >= 15 is 0 Å². The van der Waals surface area contributed by atoms with Gasteiger partial charge in [-0.3, -0.25) is 9.69 Å². The van der Waals surface area contributed by atoms with Crippen molar-refractivity contribution in [2.24, 2.45) is 0 Å². The molecule has 3 rings (SSSR count). The highest BCUT2D eigenvalue weighted by Gasteiger charge is 2.18. The van der Waals surface area contributed by atoms with Crippen LogP contribution in [0.1, 0.15) is 5.82 Å². The summed E-state index contributed by atoms with van der Waals surface area (Å²) >= 11 is 5.81. The van der Waals surface area contributed by atoms with Gasteiger partial charge in [0.15, 0.2) is 0 Å². The highest BCUT2D eigenvalue weighted by molar-refractivity contribution is 6.30. The van der Waals surface area contributed by atoms with Crippen LogP contribution < -0.4 is 10.1 Å². The van der Waals surface area contributed by atoms with E-state index in [1.165, 1.54) is 0 Å². The summed E-state index contributed by atoms with van der Waals surface area (Å²) in [6.45, 7) is 3.73. The van der Waals surface area contributed by atoms with Crippen molar-refractivity contribution in [2.75, 3.05) is 26.2 Å². The third kappa shape index (κ3) is 4.46. The van der Waals surface area contributed by atoms with Crippen molar-refractivity contribution in [2.45, 2.75) is 13.1 Å². The van der Waals surface area contributed by atoms with E-state index in [0.29, 0.717) is 31.3 Å². The van der Waals surface area contributed by atoms with E-state index < -0.39 is 0 Å². The van der Waals surface area contributed by atoms with Crippen LogP contribution in [0.2, 0.25) is 5.02 Å². The maximum absolute atomic E-state index is 12.0. The van der Waals surface area contributed by atoms with Gasteiger partial charge in [0.05, 0.1) is 19.6 Å². The summed E-state index contributed by atoms with van der Waals surface area (Å²) in [5.74, 6) is 1.76. The first-order chi connectivity index (χ1) is 11.2. The topological polar surface area (TPSA) is 59.4 Å². The third-order valence-corrected chi connectivity index (χ3v) is 3.95. The Morgan fingerprint density at radius 1 is 1.30 bits per heavy atom. The highest BCUT2D eigenvalue weighted by Crippen LogP contribution is 2.15. The van der Waals surface area contributed by atoms with Gasteiger partial charge in [-0.15, -0.1) is 0 Å². The quantitative estimate of drug-likeness (QED) is 0.814. The van der Waals surface area contributed by atoms with Gasteiger partial charge in [-0.1, -0.05) is 11.6 Å². The number of ether oxygens (including phenoxy) is 1. The summed E-state index contributed by atoms with van der Waals surface area (Å²) < 4.78 is 7.66. The van der Waals surface area contributed by atoms with E-state index in [1.54, 1.807) is 30.5 Å². The molecule has 1 N–H and O–H groups in total. The summed E-state index contributed by atoms with van der Waals surface area (Å²) in [6.07, 6.45) is 3.77. The Kier molecular flexibility index (Phi) is 5.15. The van der Waals surface area contributed by atoms with Crippen molar-refractivity contribution in [3.8, 4) is 5.75 Å². The fraction of sp³-hybridized carbons (Fsp3) is 0.375. The molecule has 2 aromatic rings. The molecule has 0 saturated carbocycles. The SMILES string of the molecule is O=C(CN1CCn2ccnc2C1)NCCOc1ccc(Cl)cc1. The monoisotopic (exact) mass is 334 g/mol. The molecule has 0 fully saturated rings. The third-order valence-electron chi connectivity index (χ3n) is 3.70. The van der Waals surface area contributed by atoms with E-state index in [4.69, 9.17) is 16.3 Å². The van der Waals surface area contributed by atoms with Gasteiger partial charge < -0.3 is 14.6 Å². The van der Waals surface area contributed by atoms with E-state index in [9.17, 15) is 4.79 Å².